The van der Waals surface area contributed by atoms with E-state index < -0.39 is 0 Å². The van der Waals surface area contributed by atoms with E-state index in [2.05, 4.69) is 103 Å². The summed E-state index contributed by atoms with van der Waals surface area (Å²) in [5.41, 5.74) is 8.63. The van der Waals surface area contributed by atoms with Gasteiger partial charge in [0, 0.05) is 37.3 Å². The summed E-state index contributed by atoms with van der Waals surface area (Å²) in [5, 5.41) is 0. The first-order chi connectivity index (χ1) is 20.1. The van der Waals surface area contributed by atoms with Gasteiger partial charge in [-0.1, -0.05) is 105 Å². The van der Waals surface area contributed by atoms with Gasteiger partial charge in [0.15, 0.2) is 0 Å². The number of unbranched alkanes of at least 4 members (excludes halogenated alkanes) is 1. The van der Waals surface area contributed by atoms with Gasteiger partial charge in [-0.15, -0.1) is 0 Å². The smallest absolute Gasteiger partial charge is 0.140 e. The molecule has 1 heterocycles. The van der Waals surface area contributed by atoms with Crippen molar-refractivity contribution in [3.8, 4) is 28.4 Å². The van der Waals surface area contributed by atoms with Crippen LogP contribution in [0, 0.1) is 19.8 Å². The summed E-state index contributed by atoms with van der Waals surface area (Å²) in [7, 11) is 1.78. The fourth-order valence-electron chi connectivity index (χ4n) is 6.68. The molecule has 1 saturated carbocycles. The largest absolute Gasteiger partial charge is 0.496 e. The number of hydrogen-bond donors (Lipinski definition) is 0. The first kappa shape index (κ1) is 29.1. The van der Waals surface area contributed by atoms with Crippen molar-refractivity contribution in [3.05, 3.63) is 95.2 Å². The standard InChI is InChI=1S/C37H47N3O/c1-5-6-22-40-34(35(32-18-12-8-13-19-32)38-37(40)33-20-14-9-15-21-33)27-39(25-30-16-10-7-11-17-30)26-31-23-28(2)36(41-4)29(3)24-31/h8-9,12-15,18-21,23-24,30H,5-7,10-11,16-17,22,25-27H2,1-4H3. The Balaban J connectivity index is 1.58. The van der Waals surface area contributed by atoms with Crippen LogP contribution < -0.4 is 4.74 Å². The van der Waals surface area contributed by atoms with E-state index in [-0.39, 0.29) is 0 Å². The highest BCUT2D eigenvalue weighted by Crippen LogP contribution is 2.33. The van der Waals surface area contributed by atoms with Crippen LogP contribution in [0.15, 0.2) is 72.8 Å². The number of nitrogens with zero attached hydrogens (tertiary/aromatic N) is 3. The van der Waals surface area contributed by atoms with E-state index in [1.807, 2.05) is 0 Å². The lowest BCUT2D eigenvalue weighted by Crippen LogP contribution is -2.31. The molecule has 216 valence electrons. The molecule has 4 nitrogen and oxygen atoms in total. The fourth-order valence-corrected chi connectivity index (χ4v) is 6.68. The highest BCUT2D eigenvalue weighted by Gasteiger charge is 2.24. The summed E-state index contributed by atoms with van der Waals surface area (Å²) in [6.07, 6.45) is 9.08. The minimum Gasteiger partial charge on any atom is -0.496 e. The second-order valence-corrected chi connectivity index (χ2v) is 11.9. The van der Waals surface area contributed by atoms with Crippen molar-refractivity contribution in [1.82, 2.24) is 14.5 Å². The molecule has 0 radical (unpaired) electrons. The number of aryl methyl sites for hydroxylation is 2. The number of imidazole rings is 1. The minimum atomic E-state index is 0.755. The normalized spacial score (nSPS) is 14.1. The van der Waals surface area contributed by atoms with Gasteiger partial charge < -0.3 is 9.30 Å². The second kappa shape index (κ2) is 14.0. The lowest BCUT2D eigenvalue weighted by Gasteiger charge is -2.31. The molecule has 41 heavy (non-hydrogen) atoms. The minimum absolute atomic E-state index is 0.755. The molecule has 0 atom stereocenters. The summed E-state index contributed by atoms with van der Waals surface area (Å²) >= 11 is 0. The van der Waals surface area contributed by atoms with Crippen LogP contribution in [-0.2, 0) is 19.6 Å². The number of rotatable bonds is 12. The van der Waals surface area contributed by atoms with Crippen molar-refractivity contribution < 1.29 is 4.74 Å². The fraction of sp³-hybridized carbons (Fsp3) is 0.432. The Morgan fingerprint density at radius 1 is 0.854 bits per heavy atom. The first-order valence-electron chi connectivity index (χ1n) is 15.6. The van der Waals surface area contributed by atoms with E-state index in [9.17, 15) is 0 Å². The molecule has 1 aliphatic rings. The van der Waals surface area contributed by atoms with Gasteiger partial charge in [0.1, 0.15) is 11.6 Å². The Morgan fingerprint density at radius 3 is 2.10 bits per heavy atom. The van der Waals surface area contributed by atoms with Crippen molar-refractivity contribution in [3.63, 3.8) is 0 Å². The molecule has 4 heteroatoms. The molecular weight excluding hydrogens is 502 g/mol. The Labute approximate surface area is 247 Å². The average molecular weight is 550 g/mol. The quantitative estimate of drug-likeness (QED) is 0.176. The Kier molecular flexibility index (Phi) is 9.95. The molecule has 0 bridgehead atoms. The molecule has 1 aliphatic carbocycles. The molecule has 0 spiro atoms. The third-order valence-electron chi connectivity index (χ3n) is 8.63. The average Bonchev–Trinajstić information content (AvgIpc) is 3.35. The van der Waals surface area contributed by atoms with Gasteiger partial charge in [-0.05, 0) is 55.7 Å². The number of aromatic nitrogens is 2. The maximum absolute atomic E-state index is 5.69. The molecule has 0 N–H and O–H groups in total. The van der Waals surface area contributed by atoms with E-state index in [0.29, 0.717) is 0 Å². The molecule has 1 aromatic heterocycles. The van der Waals surface area contributed by atoms with Gasteiger partial charge >= 0.3 is 0 Å². The van der Waals surface area contributed by atoms with Crippen molar-refractivity contribution >= 4 is 0 Å². The Morgan fingerprint density at radius 2 is 1.49 bits per heavy atom. The Hall–Kier alpha value is -3.37. The van der Waals surface area contributed by atoms with E-state index in [1.165, 1.54) is 65.6 Å². The number of ether oxygens (including phenoxy) is 1. The third kappa shape index (κ3) is 7.11. The Bertz CT molecular complexity index is 1360. The molecule has 5 rings (SSSR count). The van der Waals surface area contributed by atoms with Crippen LogP contribution >= 0.6 is 0 Å². The van der Waals surface area contributed by atoms with Gasteiger partial charge in [0.25, 0.3) is 0 Å². The first-order valence-corrected chi connectivity index (χ1v) is 15.6. The lowest BCUT2D eigenvalue weighted by atomic mass is 9.88. The molecule has 0 saturated heterocycles. The zero-order chi connectivity index (χ0) is 28.6. The summed E-state index contributed by atoms with van der Waals surface area (Å²) in [4.78, 5) is 8.09. The van der Waals surface area contributed by atoms with Gasteiger partial charge in [0.2, 0.25) is 0 Å². The van der Waals surface area contributed by atoms with E-state index in [0.717, 1.165) is 62.2 Å². The highest BCUT2D eigenvalue weighted by atomic mass is 16.5. The lowest BCUT2D eigenvalue weighted by molar-refractivity contribution is 0.183. The van der Waals surface area contributed by atoms with Gasteiger partial charge in [-0.2, -0.15) is 0 Å². The van der Waals surface area contributed by atoms with E-state index in [1.54, 1.807) is 7.11 Å². The van der Waals surface area contributed by atoms with Crippen LogP contribution in [0.4, 0.5) is 0 Å². The van der Waals surface area contributed by atoms with Crippen molar-refractivity contribution in [2.24, 2.45) is 5.92 Å². The van der Waals surface area contributed by atoms with Gasteiger partial charge in [0.05, 0.1) is 18.5 Å². The van der Waals surface area contributed by atoms with Gasteiger partial charge in [-0.3, -0.25) is 4.90 Å². The zero-order valence-corrected chi connectivity index (χ0v) is 25.5. The summed E-state index contributed by atoms with van der Waals surface area (Å²) in [5.74, 6) is 2.84. The van der Waals surface area contributed by atoms with Crippen LogP contribution in [0.2, 0.25) is 0 Å². The molecule has 4 aromatic rings. The van der Waals surface area contributed by atoms with Crippen LogP contribution in [0.25, 0.3) is 22.6 Å². The predicted octanol–water partition coefficient (Wildman–Crippen LogP) is 9.23. The molecule has 0 aliphatic heterocycles. The van der Waals surface area contributed by atoms with Crippen LogP contribution in [0.5, 0.6) is 5.75 Å². The van der Waals surface area contributed by atoms with E-state index >= 15 is 0 Å². The van der Waals surface area contributed by atoms with Crippen molar-refractivity contribution in [2.45, 2.75) is 85.4 Å². The van der Waals surface area contributed by atoms with Gasteiger partial charge in [-0.25, -0.2) is 4.98 Å². The maximum Gasteiger partial charge on any atom is 0.140 e. The summed E-state index contributed by atoms with van der Waals surface area (Å²) in [6.45, 7) is 10.5. The number of hydrogen-bond acceptors (Lipinski definition) is 3. The molecule has 3 aromatic carbocycles. The second-order valence-electron chi connectivity index (χ2n) is 11.9. The number of benzene rings is 3. The molecular formula is C37H47N3O. The van der Waals surface area contributed by atoms with Crippen LogP contribution in [0.1, 0.15) is 74.3 Å². The number of methoxy groups -OCH3 is 1. The summed E-state index contributed by atoms with van der Waals surface area (Å²) < 4.78 is 8.22. The predicted molar refractivity (Wildman–Crippen MR) is 171 cm³/mol. The van der Waals surface area contributed by atoms with E-state index in [4.69, 9.17) is 9.72 Å². The SMILES string of the molecule is CCCCn1c(-c2ccccc2)nc(-c2ccccc2)c1CN(Cc1cc(C)c(OC)c(C)c1)CC1CCCCC1. The highest BCUT2D eigenvalue weighted by molar-refractivity contribution is 5.68. The van der Waals surface area contributed by atoms with Crippen molar-refractivity contribution in [1.29, 1.82) is 0 Å². The van der Waals surface area contributed by atoms with Crippen LogP contribution in [0.3, 0.4) is 0 Å². The third-order valence-corrected chi connectivity index (χ3v) is 8.63. The molecule has 0 unspecified atom stereocenters. The zero-order valence-electron chi connectivity index (χ0n) is 25.5. The molecule has 1 fully saturated rings. The topological polar surface area (TPSA) is 30.3 Å². The van der Waals surface area contributed by atoms with Crippen LogP contribution in [-0.4, -0.2) is 28.1 Å². The van der Waals surface area contributed by atoms with Crippen molar-refractivity contribution in [2.75, 3.05) is 13.7 Å². The molecule has 0 amide bonds. The maximum atomic E-state index is 5.69. The monoisotopic (exact) mass is 549 g/mol. The summed E-state index contributed by atoms with van der Waals surface area (Å²) in [6, 6.07) is 26.2.